The quantitative estimate of drug-likeness (QED) is 0.595. The Labute approximate surface area is 184 Å². The summed E-state index contributed by atoms with van der Waals surface area (Å²) < 4.78 is 15.3. The number of carbonyl (C=O) groups excluding carboxylic acids is 1. The second kappa shape index (κ2) is 9.21. The summed E-state index contributed by atoms with van der Waals surface area (Å²) in [6, 6.07) is 3.63. The monoisotopic (exact) mass is 443 g/mol. The Morgan fingerprint density at radius 1 is 1.16 bits per heavy atom. The highest BCUT2D eigenvalue weighted by Gasteiger charge is 2.24. The van der Waals surface area contributed by atoms with Gasteiger partial charge in [-0.3, -0.25) is 4.90 Å². The van der Waals surface area contributed by atoms with Gasteiger partial charge in [0.2, 0.25) is 5.13 Å². The van der Waals surface area contributed by atoms with Crippen LogP contribution in [0.25, 0.3) is 11.5 Å². The fraction of sp³-hybridized carbons (Fsp3) is 0.400. The highest BCUT2D eigenvalue weighted by molar-refractivity contribution is 7.09. The van der Waals surface area contributed by atoms with Crippen LogP contribution in [0.2, 0.25) is 0 Å². The van der Waals surface area contributed by atoms with Crippen molar-refractivity contribution in [1.29, 1.82) is 0 Å². The molecule has 0 spiro atoms. The molecule has 3 aromatic heterocycles. The normalized spacial score (nSPS) is 11.3. The molecule has 0 fully saturated rings. The molecule has 0 radical (unpaired) electrons. The molecule has 0 aromatic carbocycles. The minimum absolute atomic E-state index is 0.0702. The average molecular weight is 444 g/mol. The van der Waals surface area contributed by atoms with Crippen LogP contribution < -0.4 is 15.0 Å². The number of nitrogens with one attached hydrogen (secondary N) is 1. The van der Waals surface area contributed by atoms with Crippen LogP contribution in [-0.4, -0.2) is 49.2 Å². The van der Waals surface area contributed by atoms with E-state index in [2.05, 4.69) is 29.6 Å². The van der Waals surface area contributed by atoms with Crippen LogP contribution in [0.4, 0.5) is 21.6 Å². The van der Waals surface area contributed by atoms with E-state index in [0.717, 1.165) is 11.5 Å². The van der Waals surface area contributed by atoms with Gasteiger partial charge in [-0.2, -0.15) is 9.36 Å². The van der Waals surface area contributed by atoms with Gasteiger partial charge in [-0.15, -0.1) is 0 Å². The average Bonchev–Trinajstić information content (AvgIpc) is 3.15. The molecule has 0 bridgehead atoms. The predicted octanol–water partition coefficient (Wildman–Crippen LogP) is 4.29. The van der Waals surface area contributed by atoms with Crippen molar-refractivity contribution >= 4 is 34.4 Å². The zero-order valence-corrected chi connectivity index (χ0v) is 19.1. The maximum Gasteiger partial charge on any atom is 0.415 e. The number of aromatic nitrogens is 5. The molecule has 0 saturated carbocycles. The summed E-state index contributed by atoms with van der Waals surface area (Å²) in [5.41, 5.74) is -0.0106. The summed E-state index contributed by atoms with van der Waals surface area (Å²) in [6.45, 7) is 9.30. The lowest BCUT2D eigenvalue weighted by molar-refractivity contribution is 0.0588. The molecule has 1 amide bonds. The lowest BCUT2D eigenvalue weighted by Crippen LogP contribution is -2.35. The number of amides is 1. The van der Waals surface area contributed by atoms with Gasteiger partial charge < -0.3 is 14.8 Å². The van der Waals surface area contributed by atoms with Gasteiger partial charge in [0.15, 0.2) is 17.5 Å². The number of carbonyl (C=O) groups is 1. The van der Waals surface area contributed by atoms with Crippen molar-refractivity contribution < 1.29 is 14.3 Å². The van der Waals surface area contributed by atoms with E-state index in [1.807, 2.05) is 19.9 Å². The van der Waals surface area contributed by atoms with Crippen molar-refractivity contribution in [3.05, 3.63) is 30.7 Å². The van der Waals surface area contributed by atoms with Crippen molar-refractivity contribution in [3.8, 4) is 17.3 Å². The number of pyridine rings is 1. The fourth-order valence-corrected chi connectivity index (χ4v) is 2.99. The Balaban J connectivity index is 1.76. The standard InChI is InChI=1S/C20H25N7O3S/c1-12(2)29-13-7-8-14(23-11-13)15-24-18(31-26-15)25-16-17(22-10-9-21-16)27(6)19(28)30-20(3,4)5/h7-12H,1-6H3,(H,21,24,25,26). The van der Waals surface area contributed by atoms with Gasteiger partial charge in [0, 0.05) is 31.0 Å². The van der Waals surface area contributed by atoms with Crippen LogP contribution in [0.3, 0.4) is 0 Å². The summed E-state index contributed by atoms with van der Waals surface area (Å²) in [7, 11) is 1.57. The number of hydrogen-bond acceptors (Lipinski definition) is 10. The van der Waals surface area contributed by atoms with Gasteiger partial charge in [-0.1, -0.05) is 0 Å². The molecule has 0 aliphatic carbocycles. The summed E-state index contributed by atoms with van der Waals surface area (Å²) in [6.07, 6.45) is 4.19. The first-order valence-corrected chi connectivity index (χ1v) is 10.4. The largest absolute Gasteiger partial charge is 0.489 e. The molecule has 3 rings (SSSR count). The molecule has 0 atom stereocenters. The molecule has 0 unspecified atom stereocenters. The van der Waals surface area contributed by atoms with Crippen molar-refractivity contribution in [3.63, 3.8) is 0 Å². The molecular weight excluding hydrogens is 418 g/mol. The number of hydrogen-bond donors (Lipinski definition) is 1. The first-order valence-electron chi connectivity index (χ1n) is 9.64. The maximum atomic E-state index is 12.4. The van der Waals surface area contributed by atoms with Gasteiger partial charge in [-0.25, -0.2) is 19.7 Å². The zero-order valence-electron chi connectivity index (χ0n) is 18.3. The van der Waals surface area contributed by atoms with Crippen molar-refractivity contribution in [2.24, 2.45) is 0 Å². The van der Waals surface area contributed by atoms with E-state index in [0.29, 0.717) is 34.0 Å². The highest BCUT2D eigenvalue weighted by Crippen LogP contribution is 2.27. The molecule has 31 heavy (non-hydrogen) atoms. The first kappa shape index (κ1) is 22.3. The van der Waals surface area contributed by atoms with Gasteiger partial charge in [0.05, 0.1) is 12.3 Å². The summed E-state index contributed by atoms with van der Waals surface area (Å²) in [5.74, 6) is 1.81. The molecule has 3 aromatic rings. The topological polar surface area (TPSA) is 115 Å². The first-order chi connectivity index (χ1) is 14.6. The van der Waals surface area contributed by atoms with Crippen LogP contribution in [0, 0.1) is 0 Å². The number of rotatable bonds is 6. The molecule has 0 aliphatic heterocycles. The van der Waals surface area contributed by atoms with Crippen LogP contribution in [-0.2, 0) is 4.74 Å². The number of ether oxygens (including phenoxy) is 2. The van der Waals surface area contributed by atoms with Crippen molar-refractivity contribution in [2.45, 2.75) is 46.3 Å². The van der Waals surface area contributed by atoms with E-state index in [1.165, 1.54) is 17.3 Å². The van der Waals surface area contributed by atoms with Crippen molar-refractivity contribution in [2.75, 3.05) is 17.3 Å². The third-order valence-corrected chi connectivity index (χ3v) is 4.28. The summed E-state index contributed by atoms with van der Waals surface area (Å²) in [4.78, 5) is 31.1. The SMILES string of the molecule is CC(C)Oc1ccc(-c2nsc(Nc3nccnc3N(C)C(=O)OC(C)(C)C)n2)nc1. The van der Waals surface area contributed by atoms with Crippen LogP contribution >= 0.6 is 11.5 Å². The second-order valence-corrected chi connectivity index (χ2v) is 8.61. The van der Waals surface area contributed by atoms with E-state index in [9.17, 15) is 4.79 Å². The van der Waals surface area contributed by atoms with Crippen LogP contribution in [0.5, 0.6) is 5.75 Å². The summed E-state index contributed by atoms with van der Waals surface area (Å²) >= 11 is 1.15. The van der Waals surface area contributed by atoms with Crippen LogP contribution in [0.1, 0.15) is 34.6 Å². The Bertz CT molecular complexity index is 1030. The third kappa shape index (κ3) is 6.07. The second-order valence-electron chi connectivity index (χ2n) is 7.86. The molecule has 164 valence electrons. The van der Waals surface area contributed by atoms with Gasteiger partial charge in [0.25, 0.3) is 0 Å². The molecule has 0 aliphatic rings. The number of nitrogens with zero attached hydrogens (tertiary/aromatic N) is 6. The van der Waals surface area contributed by atoms with E-state index in [-0.39, 0.29) is 6.10 Å². The molecular formula is C20H25N7O3S. The smallest absolute Gasteiger partial charge is 0.415 e. The Morgan fingerprint density at radius 2 is 1.90 bits per heavy atom. The lowest BCUT2D eigenvalue weighted by atomic mass is 10.2. The van der Waals surface area contributed by atoms with E-state index in [4.69, 9.17) is 9.47 Å². The summed E-state index contributed by atoms with van der Waals surface area (Å²) in [5, 5.41) is 3.55. The Morgan fingerprint density at radius 3 is 2.55 bits per heavy atom. The van der Waals surface area contributed by atoms with Crippen molar-refractivity contribution in [1.82, 2.24) is 24.3 Å². The Kier molecular flexibility index (Phi) is 6.64. The molecule has 0 saturated heterocycles. The van der Waals surface area contributed by atoms with E-state index >= 15 is 0 Å². The van der Waals surface area contributed by atoms with E-state index in [1.54, 1.807) is 40.1 Å². The van der Waals surface area contributed by atoms with Gasteiger partial charge in [-0.05, 0) is 46.8 Å². The molecule has 11 heteroatoms. The van der Waals surface area contributed by atoms with Gasteiger partial charge in [0.1, 0.15) is 17.0 Å². The highest BCUT2D eigenvalue weighted by atomic mass is 32.1. The van der Waals surface area contributed by atoms with Crippen LogP contribution in [0.15, 0.2) is 30.7 Å². The molecule has 3 heterocycles. The third-order valence-electron chi connectivity index (χ3n) is 3.65. The lowest BCUT2D eigenvalue weighted by Gasteiger charge is -2.24. The maximum absolute atomic E-state index is 12.4. The Hall–Kier alpha value is -3.34. The van der Waals surface area contributed by atoms with Gasteiger partial charge >= 0.3 is 6.09 Å². The predicted molar refractivity (Wildman–Crippen MR) is 119 cm³/mol. The minimum Gasteiger partial charge on any atom is -0.489 e. The zero-order chi connectivity index (χ0) is 22.6. The minimum atomic E-state index is -0.627. The molecule has 10 nitrogen and oxygen atoms in total. The number of anilines is 3. The fourth-order valence-electron chi connectivity index (χ4n) is 2.42. The molecule has 1 N–H and O–H groups in total. The van der Waals surface area contributed by atoms with E-state index < -0.39 is 11.7 Å².